The van der Waals surface area contributed by atoms with Crippen LogP contribution in [0.25, 0.3) is 0 Å². The highest BCUT2D eigenvalue weighted by Crippen LogP contribution is 2.18. The maximum atomic E-state index is 10.9. The van der Waals surface area contributed by atoms with Crippen molar-refractivity contribution in [1.82, 2.24) is 0 Å². The summed E-state index contributed by atoms with van der Waals surface area (Å²) in [4.78, 5) is 10.9. The SMILES string of the molecule is Cc1cc(OCc2ccccc2)ccc1C(=O)O. The fourth-order valence-electron chi connectivity index (χ4n) is 1.71. The molecule has 3 heteroatoms. The van der Waals surface area contributed by atoms with E-state index >= 15 is 0 Å². The molecule has 0 atom stereocenters. The molecule has 0 aliphatic carbocycles. The molecular formula is C15H14O3. The third-order valence-electron chi connectivity index (χ3n) is 2.68. The molecule has 0 saturated heterocycles. The summed E-state index contributed by atoms with van der Waals surface area (Å²) in [6.45, 7) is 2.24. The molecule has 0 fully saturated rings. The molecule has 2 aromatic rings. The van der Waals surface area contributed by atoms with E-state index in [0.29, 0.717) is 23.5 Å². The number of aromatic carboxylic acids is 1. The van der Waals surface area contributed by atoms with E-state index in [0.717, 1.165) is 5.56 Å². The number of carbonyl (C=O) groups is 1. The zero-order chi connectivity index (χ0) is 13.0. The lowest BCUT2D eigenvalue weighted by Gasteiger charge is -2.08. The van der Waals surface area contributed by atoms with Crippen molar-refractivity contribution in [2.75, 3.05) is 0 Å². The average Bonchev–Trinajstić information content (AvgIpc) is 2.37. The highest BCUT2D eigenvalue weighted by molar-refractivity contribution is 5.89. The summed E-state index contributed by atoms with van der Waals surface area (Å²) in [6.07, 6.45) is 0. The Balaban J connectivity index is 2.07. The number of aryl methyl sites for hydroxylation is 1. The monoisotopic (exact) mass is 242 g/mol. The van der Waals surface area contributed by atoms with Gasteiger partial charge in [-0.1, -0.05) is 30.3 Å². The molecule has 0 aliphatic heterocycles. The Kier molecular flexibility index (Phi) is 3.63. The number of benzene rings is 2. The maximum Gasteiger partial charge on any atom is 0.335 e. The highest BCUT2D eigenvalue weighted by Gasteiger charge is 2.07. The van der Waals surface area contributed by atoms with Crippen LogP contribution in [0.1, 0.15) is 21.5 Å². The normalized spacial score (nSPS) is 10.1. The van der Waals surface area contributed by atoms with Crippen LogP contribution in [0.4, 0.5) is 0 Å². The molecule has 0 heterocycles. The Morgan fingerprint density at radius 1 is 1.17 bits per heavy atom. The van der Waals surface area contributed by atoms with Crippen molar-refractivity contribution >= 4 is 5.97 Å². The molecule has 0 aromatic heterocycles. The van der Waals surface area contributed by atoms with E-state index in [1.807, 2.05) is 30.3 Å². The zero-order valence-corrected chi connectivity index (χ0v) is 10.1. The smallest absolute Gasteiger partial charge is 0.335 e. The van der Waals surface area contributed by atoms with Crippen LogP contribution in [0.5, 0.6) is 5.75 Å². The van der Waals surface area contributed by atoms with Gasteiger partial charge in [0.2, 0.25) is 0 Å². The van der Waals surface area contributed by atoms with Crippen molar-refractivity contribution in [3.8, 4) is 5.75 Å². The molecule has 0 aliphatic rings. The highest BCUT2D eigenvalue weighted by atomic mass is 16.5. The predicted molar refractivity (Wildman–Crippen MR) is 68.9 cm³/mol. The Labute approximate surface area is 106 Å². The first-order valence-corrected chi connectivity index (χ1v) is 5.67. The van der Waals surface area contributed by atoms with Gasteiger partial charge < -0.3 is 9.84 Å². The first-order chi connectivity index (χ1) is 8.66. The van der Waals surface area contributed by atoms with Crippen LogP contribution in [0.3, 0.4) is 0 Å². The maximum absolute atomic E-state index is 10.9. The molecule has 3 nitrogen and oxygen atoms in total. The second-order valence-electron chi connectivity index (χ2n) is 4.06. The standard InChI is InChI=1S/C15H14O3/c1-11-9-13(7-8-14(11)15(16)17)18-10-12-5-3-2-4-6-12/h2-9H,10H2,1H3,(H,16,17). The minimum absolute atomic E-state index is 0.307. The Hall–Kier alpha value is -2.29. The lowest BCUT2D eigenvalue weighted by molar-refractivity contribution is 0.0696. The quantitative estimate of drug-likeness (QED) is 0.895. The molecule has 18 heavy (non-hydrogen) atoms. The fourth-order valence-corrected chi connectivity index (χ4v) is 1.71. The van der Waals surface area contributed by atoms with Gasteiger partial charge in [0, 0.05) is 0 Å². The van der Waals surface area contributed by atoms with Gasteiger partial charge in [-0.05, 0) is 36.2 Å². The van der Waals surface area contributed by atoms with Gasteiger partial charge in [-0.2, -0.15) is 0 Å². The molecule has 2 aromatic carbocycles. The van der Waals surface area contributed by atoms with Crippen molar-refractivity contribution in [1.29, 1.82) is 0 Å². The van der Waals surface area contributed by atoms with Gasteiger partial charge in [-0.15, -0.1) is 0 Å². The molecule has 0 spiro atoms. The van der Waals surface area contributed by atoms with E-state index in [1.165, 1.54) is 0 Å². The van der Waals surface area contributed by atoms with Crippen LogP contribution in [0.2, 0.25) is 0 Å². The van der Waals surface area contributed by atoms with Gasteiger partial charge >= 0.3 is 5.97 Å². The summed E-state index contributed by atoms with van der Waals surface area (Å²) < 4.78 is 5.61. The number of rotatable bonds is 4. The minimum atomic E-state index is -0.915. The van der Waals surface area contributed by atoms with E-state index in [1.54, 1.807) is 25.1 Å². The van der Waals surface area contributed by atoms with Crippen LogP contribution in [-0.2, 0) is 6.61 Å². The zero-order valence-electron chi connectivity index (χ0n) is 10.1. The lowest BCUT2D eigenvalue weighted by Crippen LogP contribution is -2.01. The first kappa shape index (κ1) is 12.2. The second-order valence-corrected chi connectivity index (χ2v) is 4.06. The summed E-state index contributed by atoms with van der Waals surface area (Å²) in [5.41, 5.74) is 2.09. The summed E-state index contributed by atoms with van der Waals surface area (Å²) in [7, 11) is 0. The molecule has 2 rings (SSSR count). The van der Waals surface area contributed by atoms with Gasteiger partial charge in [0.1, 0.15) is 12.4 Å². The Morgan fingerprint density at radius 3 is 2.50 bits per heavy atom. The number of hydrogen-bond acceptors (Lipinski definition) is 2. The second kappa shape index (κ2) is 5.36. The van der Waals surface area contributed by atoms with E-state index in [9.17, 15) is 4.79 Å². The van der Waals surface area contributed by atoms with Gasteiger partial charge in [-0.3, -0.25) is 0 Å². The summed E-state index contributed by atoms with van der Waals surface area (Å²) in [6, 6.07) is 14.8. The minimum Gasteiger partial charge on any atom is -0.489 e. The van der Waals surface area contributed by atoms with Gasteiger partial charge in [0.25, 0.3) is 0 Å². The molecule has 92 valence electrons. The van der Waals surface area contributed by atoms with E-state index < -0.39 is 5.97 Å². The van der Waals surface area contributed by atoms with Crippen LogP contribution in [0, 0.1) is 6.92 Å². The van der Waals surface area contributed by atoms with Crippen molar-refractivity contribution in [3.05, 3.63) is 65.2 Å². The third kappa shape index (κ3) is 2.88. The number of ether oxygens (including phenoxy) is 1. The van der Waals surface area contributed by atoms with Crippen molar-refractivity contribution in [2.24, 2.45) is 0 Å². The Morgan fingerprint density at radius 2 is 1.89 bits per heavy atom. The summed E-state index contributed by atoms with van der Waals surface area (Å²) in [5.74, 6) is -0.233. The van der Waals surface area contributed by atoms with Gasteiger partial charge in [-0.25, -0.2) is 4.79 Å². The van der Waals surface area contributed by atoms with Gasteiger partial charge in [0.05, 0.1) is 5.56 Å². The first-order valence-electron chi connectivity index (χ1n) is 5.67. The molecule has 0 unspecified atom stereocenters. The fraction of sp³-hybridized carbons (Fsp3) is 0.133. The van der Waals surface area contributed by atoms with Crippen LogP contribution in [0.15, 0.2) is 48.5 Å². The number of hydrogen-bond donors (Lipinski definition) is 1. The summed E-state index contributed by atoms with van der Waals surface area (Å²) >= 11 is 0. The van der Waals surface area contributed by atoms with E-state index in [-0.39, 0.29) is 0 Å². The van der Waals surface area contributed by atoms with Crippen molar-refractivity contribution < 1.29 is 14.6 Å². The molecule has 0 radical (unpaired) electrons. The number of carboxylic acids is 1. The Bertz CT molecular complexity index is 547. The molecule has 0 amide bonds. The molecule has 0 bridgehead atoms. The summed E-state index contributed by atoms with van der Waals surface area (Å²) in [5, 5.41) is 8.92. The molecule has 0 saturated carbocycles. The van der Waals surface area contributed by atoms with E-state index in [4.69, 9.17) is 9.84 Å². The molecular weight excluding hydrogens is 228 g/mol. The van der Waals surface area contributed by atoms with E-state index in [2.05, 4.69) is 0 Å². The third-order valence-corrected chi connectivity index (χ3v) is 2.68. The van der Waals surface area contributed by atoms with Crippen LogP contribution in [-0.4, -0.2) is 11.1 Å². The molecule has 1 N–H and O–H groups in total. The number of carboxylic acid groups (broad SMARTS) is 1. The lowest BCUT2D eigenvalue weighted by atomic mass is 10.1. The van der Waals surface area contributed by atoms with Crippen molar-refractivity contribution in [3.63, 3.8) is 0 Å². The van der Waals surface area contributed by atoms with Crippen molar-refractivity contribution in [2.45, 2.75) is 13.5 Å². The largest absolute Gasteiger partial charge is 0.489 e. The van der Waals surface area contributed by atoms with Crippen LogP contribution < -0.4 is 4.74 Å². The average molecular weight is 242 g/mol. The van der Waals surface area contributed by atoms with Crippen LogP contribution >= 0.6 is 0 Å². The predicted octanol–water partition coefficient (Wildman–Crippen LogP) is 3.27. The topological polar surface area (TPSA) is 46.5 Å². The van der Waals surface area contributed by atoms with Gasteiger partial charge in [0.15, 0.2) is 0 Å².